The Morgan fingerprint density at radius 3 is 2.50 bits per heavy atom. The third kappa shape index (κ3) is 3.49. The summed E-state index contributed by atoms with van der Waals surface area (Å²) >= 11 is 0. The molecule has 34 heavy (non-hydrogen) atoms. The van der Waals surface area contributed by atoms with Gasteiger partial charge in [0.05, 0.1) is 23.8 Å². The van der Waals surface area contributed by atoms with Gasteiger partial charge in [-0.15, -0.1) is 0 Å². The average molecular weight is 479 g/mol. The summed E-state index contributed by atoms with van der Waals surface area (Å²) in [6, 6.07) is 16.9. The number of rotatable bonds is 4. The lowest BCUT2D eigenvalue weighted by Crippen LogP contribution is -2.59. The van der Waals surface area contributed by atoms with Gasteiger partial charge in [-0.2, -0.15) is 0 Å². The Bertz CT molecular complexity index is 1330. The number of aryl methyl sites for hydroxylation is 1. The van der Waals surface area contributed by atoms with E-state index in [9.17, 15) is 8.42 Å². The maximum Gasteiger partial charge on any atom is 0.261 e. The van der Waals surface area contributed by atoms with Gasteiger partial charge in [0.15, 0.2) is 5.72 Å². The van der Waals surface area contributed by atoms with Gasteiger partial charge in [-0.05, 0) is 38.0 Å². The molecule has 0 radical (unpaired) electrons. The molecule has 1 saturated carbocycles. The van der Waals surface area contributed by atoms with Crippen LogP contribution in [-0.4, -0.2) is 45.3 Å². The van der Waals surface area contributed by atoms with Crippen LogP contribution in [0, 0.1) is 6.92 Å². The first-order chi connectivity index (χ1) is 16.5. The average Bonchev–Trinajstić information content (AvgIpc) is 3.21. The van der Waals surface area contributed by atoms with E-state index < -0.39 is 10.0 Å². The first-order valence-corrected chi connectivity index (χ1v) is 13.6. The van der Waals surface area contributed by atoms with E-state index in [1.807, 2.05) is 49.4 Å². The number of morpholine rings is 1. The summed E-state index contributed by atoms with van der Waals surface area (Å²) in [5.41, 5.74) is 2.38. The van der Waals surface area contributed by atoms with E-state index in [2.05, 4.69) is 9.62 Å². The molecule has 3 aromatic rings. The van der Waals surface area contributed by atoms with Crippen molar-refractivity contribution >= 4 is 26.5 Å². The molecule has 1 saturated heterocycles. The van der Waals surface area contributed by atoms with Crippen molar-refractivity contribution in [3.8, 4) is 5.75 Å². The molecule has 2 aliphatic heterocycles. The number of nitrogens with zero attached hydrogens (tertiary/aromatic N) is 1. The summed E-state index contributed by atoms with van der Waals surface area (Å²) in [6.45, 7) is 5.10. The van der Waals surface area contributed by atoms with E-state index >= 15 is 0 Å². The predicted octanol–water partition coefficient (Wildman–Crippen LogP) is 5.03. The maximum absolute atomic E-state index is 13.3. The number of anilines is 1. The van der Waals surface area contributed by atoms with Gasteiger partial charge in [-0.1, -0.05) is 48.4 Å². The topological polar surface area (TPSA) is 67.9 Å². The van der Waals surface area contributed by atoms with Crippen molar-refractivity contribution in [2.75, 3.05) is 31.0 Å². The van der Waals surface area contributed by atoms with Gasteiger partial charge in [0, 0.05) is 41.8 Å². The van der Waals surface area contributed by atoms with Crippen LogP contribution < -0.4 is 9.46 Å². The molecular formula is C27H30N2O4S. The van der Waals surface area contributed by atoms with E-state index in [1.54, 1.807) is 12.1 Å². The quantitative estimate of drug-likeness (QED) is 0.570. The molecule has 0 bridgehead atoms. The second-order valence-electron chi connectivity index (χ2n) is 9.65. The lowest BCUT2D eigenvalue weighted by Gasteiger charge is -2.47. The van der Waals surface area contributed by atoms with Gasteiger partial charge in [-0.3, -0.25) is 9.62 Å². The molecule has 7 heteroatoms. The summed E-state index contributed by atoms with van der Waals surface area (Å²) in [5, 5.41) is 1.82. The summed E-state index contributed by atoms with van der Waals surface area (Å²) in [4.78, 5) is 2.73. The van der Waals surface area contributed by atoms with Crippen LogP contribution in [-0.2, 0) is 14.8 Å². The highest BCUT2D eigenvalue weighted by molar-refractivity contribution is 7.92. The molecule has 178 valence electrons. The zero-order chi connectivity index (χ0) is 23.3. The van der Waals surface area contributed by atoms with Crippen molar-refractivity contribution in [3.05, 3.63) is 65.7 Å². The first-order valence-electron chi connectivity index (χ1n) is 12.1. The molecule has 1 aliphatic carbocycles. The molecule has 0 aromatic heterocycles. The van der Waals surface area contributed by atoms with Crippen LogP contribution in [0.1, 0.15) is 42.7 Å². The molecule has 1 N–H and O–H groups in total. The van der Waals surface area contributed by atoms with Crippen molar-refractivity contribution < 1.29 is 17.9 Å². The van der Waals surface area contributed by atoms with Crippen molar-refractivity contribution in [1.29, 1.82) is 0 Å². The number of ether oxygens (including phenoxy) is 2. The smallest absolute Gasteiger partial charge is 0.261 e. The molecule has 2 heterocycles. The van der Waals surface area contributed by atoms with Crippen molar-refractivity contribution in [1.82, 2.24) is 4.90 Å². The number of fused-ring (bicyclic) bond motifs is 5. The standard InChI is InChI=1S/C27H30N2O4S/c1-19-9-11-20(12-10-19)34(30,31)28-25-18-23-24-8-4-5-13-27(24,29-14-16-32-17-15-29)33-26(23)22-7-3-2-6-21(22)25/h2-3,6-7,9-12,18,24,28H,4-5,8,13-17H2,1H3. The van der Waals surface area contributed by atoms with E-state index in [1.165, 1.54) is 0 Å². The van der Waals surface area contributed by atoms with Crippen LogP contribution >= 0.6 is 0 Å². The fraction of sp³-hybridized carbons (Fsp3) is 0.407. The molecule has 0 spiro atoms. The highest BCUT2D eigenvalue weighted by atomic mass is 32.2. The van der Waals surface area contributed by atoms with Crippen LogP contribution in [0.2, 0.25) is 0 Å². The number of nitrogens with one attached hydrogen (secondary N) is 1. The van der Waals surface area contributed by atoms with E-state index in [0.717, 1.165) is 79.6 Å². The Morgan fingerprint density at radius 1 is 1.00 bits per heavy atom. The van der Waals surface area contributed by atoms with E-state index in [4.69, 9.17) is 9.47 Å². The Labute approximate surface area is 200 Å². The van der Waals surface area contributed by atoms with Crippen molar-refractivity contribution in [3.63, 3.8) is 0 Å². The third-order valence-corrected chi connectivity index (χ3v) is 9.00. The lowest BCUT2D eigenvalue weighted by atomic mass is 9.77. The van der Waals surface area contributed by atoms with Crippen LogP contribution in [0.15, 0.2) is 59.5 Å². The Morgan fingerprint density at radius 2 is 1.74 bits per heavy atom. The Kier molecular flexibility index (Phi) is 5.32. The molecule has 2 fully saturated rings. The largest absolute Gasteiger partial charge is 0.471 e. The van der Waals surface area contributed by atoms with Gasteiger partial charge >= 0.3 is 0 Å². The molecule has 2 unspecified atom stereocenters. The Hall–Kier alpha value is -2.61. The highest BCUT2D eigenvalue weighted by Crippen LogP contribution is 2.57. The van der Waals surface area contributed by atoms with Crippen molar-refractivity contribution in [2.24, 2.45) is 0 Å². The van der Waals surface area contributed by atoms with Gasteiger partial charge in [-0.25, -0.2) is 8.42 Å². The molecule has 2 atom stereocenters. The SMILES string of the molecule is Cc1ccc(S(=O)(=O)Nc2cc3c(c4ccccc24)OC2(N4CCOCC4)CCCCC32)cc1. The summed E-state index contributed by atoms with van der Waals surface area (Å²) in [5.74, 6) is 1.12. The monoisotopic (exact) mass is 478 g/mol. The van der Waals surface area contributed by atoms with Crippen LogP contribution in [0.3, 0.4) is 0 Å². The minimum atomic E-state index is -3.72. The van der Waals surface area contributed by atoms with Gasteiger partial charge in [0.1, 0.15) is 5.75 Å². The van der Waals surface area contributed by atoms with E-state index in [-0.39, 0.29) is 16.5 Å². The van der Waals surface area contributed by atoms with Crippen LogP contribution in [0.4, 0.5) is 5.69 Å². The number of sulfonamides is 1. The van der Waals surface area contributed by atoms with Crippen LogP contribution in [0.5, 0.6) is 5.75 Å². The van der Waals surface area contributed by atoms with Gasteiger partial charge < -0.3 is 9.47 Å². The third-order valence-electron chi connectivity index (χ3n) is 7.62. The van der Waals surface area contributed by atoms with Gasteiger partial charge in [0.2, 0.25) is 0 Å². The lowest BCUT2D eigenvalue weighted by molar-refractivity contribution is -0.138. The van der Waals surface area contributed by atoms with Crippen molar-refractivity contribution in [2.45, 2.75) is 49.1 Å². The fourth-order valence-corrected chi connectivity index (χ4v) is 7.03. The molecular weight excluding hydrogens is 448 g/mol. The zero-order valence-electron chi connectivity index (χ0n) is 19.4. The highest BCUT2D eigenvalue weighted by Gasteiger charge is 2.54. The fourth-order valence-electron chi connectivity index (χ4n) is 5.96. The first kappa shape index (κ1) is 21.9. The molecule has 6 rings (SSSR count). The molecule has 6 nitrogen and oxygen atoms in total. The van der Waals surface area contributed by atoms with E-state index in [0.29, 0.717) is 5.69 Å². The normalized spacial score (nSPS) is 24.9. The second-order valence-corrected chi connectivity index (χ2v) is 11.3. The maximum atomic E-state index is 13.3. The summed E-state index contributed by atoms with van der Waals surface area (Å²) < 4.78 is 42.0. The zero-order valence-corrected chi connectivity index (χ0v) is 20.2. The second kappa shape index (κ2) is 8.26. The number of benzene rings is 3. The number of hydrogen-bond acceptors (Lipinski definition) is 5. The Balaban J connectivity index is 1.46. The predicted molar refractivity (Wildman–Crippen MR) is 133 cm³/mol. The minimum Gasteiger partial charge on any atom is -0.471 e. The minimum absolute atomic E-state index is 0.210. The number of hydrogen-bond donors (Lipinski definition) is 1. The summed E-state index contributed by atoms with van der Waals surface area (Å²) in [6.07, 6.45) is 4.29. The molecule has 3 aromatic carbocycles. The molecule has 3 aliphatic rings. The van der Waals surface area contributed by atoms with Gasteiger partial charge in [0.25, 0.3) is 10.0 Å². The summed E-state index contributed by atoms with van der Waals surface area (Å²) in [7, 11) is -3.72. The molecule has 0 amide bonds. The van der Waals surface area contributed by atoms with Crippen LogP contribution in [0.25, 0.3) is 10.8 Å².